The van der Waals surface area contributed by atoms with Crippen LogP contribution in [-0.4, -0.2) is 66.9 Å². The number of nitrogens with zero attached hydrogens (tertiary/aromatic N) is 4. The molecule has 2 aromatic heterocycles. The van der Waals surface area contributed by atoms with Gasteiger partial charge < -0.3 is 25.0 Å². The molecule has 10 heteroatoms. The number of esters is 1. The molecular weight excluding hydrogens is 685 g/mol. The molecule has 0 amide bonds. The van der Waals surface area contributed by atoms with E-state index in [9.17, 15) is 20.1 Å². The zero-order valence-corrected chi connectivity index (χ0v) is 31.4. The van der Waals surface area contributed by atoms with Gasteiger partial charge in [-0.2, -0.15) is 0 Å². The maximum Gasteiger partial charge on any atom is 0.344 e. The molecule has 2 atom stereocenters. The minimum atomic E-state index is -1.51. The number of hydrogen-bond acceptors (Lipinski definition) is 9. The maximum absolute atomic E-state index is 13.4. The predicted octanol–water partition coefficient (Wildman–Crippen LogP) is 7.64. The van der Waals surface area contributed by atoms with Gasteiger partial charge >= 0.3 is 5.97 Å². The van der Waals surface area contributed by atoms with Crippen molar-refractivity contribution in [3.8, 4) is 5.75 Å². The fraction of sp³-hybridized carbons (Fsp3) is 0.512. The van der Waals surface area contributed by atoms with E-state index in [1.165, 1.54) is 16.9 Å². The van der Waals surface area contributed by atoms with Crippen LogP contribution in [0, 0.1) is 11.3 Å². The lowest BCUT2D eigenvalue weighted by Crippen LogP contribution is -2.52. The number of hydrogen-bond donors (Lipinski definition) is 3. The minimum Gasteiger partial charge on any atom is -0.508 e. The van der Waals surface area contributed by atoms with E-state index in [0.717, 1.165) is 135 Å². The third-order valence-corrected chi connectivity index (χ3v) is 13.6. The Hall–Kier alpha value is -3.83. The standard InChI is InChI=1S/C43H52N4O5S/c1-29-12-14-33-34(15-17-39(49)35(33)25-29)38(48)10-4-7-30-13-16-37-36(26-30)44-45-47(37)21-6-20-46-22-18-42(19-23-46)27-32(28-42)52-41(50)43(51,31-8-2-3-9-31)40-11-5-24-53-40/h5,11-17,24,26,31-32,38,48-49,51H,1-4,6-10,18-23,25,27-28H2/t38-,43?/m0/s1. The third kappa shape index (κ3) is 7.35. The Morgan fingerprint density at radius 3 is 2.66 bits per heavy atom. The Bertz CT molecular complexity index is 1970. The molecule has 53 heavy (non-hydrogen) atoms. The molecule has 0 radical (unpaired) electrons. The van der Waals surface area contributed by atoms with E-state index in [-0.39, 0.29) is 23.2 Å². The van der Waals surface area contributed by atoms with Gasteiger partial charge in [0.2, 0.25) is 0 Å². The number of piperidine rings is 1. The van der Waals surface area contributed by atoms with Gasteiger partial charge in [0.25, 0.3) is 0 Å². The van der Waals surface area contributed by atoms with E-state index < -0.39 is 17.7 Å². The van der Waals surface area contributed by atoms with E-state index in [4.69, 9.17) is 4.74 Å². The molecule has 3 heterocycles. The molecule has 2 aromatic carbocycles. The number of aryl methyl sites for hydroxylation is 2. The van der Waals surface area contributed by atoms with E-state index in [1.807, 2.05) is 40.4 Å². The van der Waals surface area contributed by atoms with E-state index in [2.05, 4.69) is 40.0 Å². The summed E-state index contributed by atoms with van der Waals surface area (Å²) in [6, 6.07) is 13.7. The summed E-state index contributed by atoms with van der Waals surface area (Å²) in [7, 11) is 0. The SMILES string of the molecule is C=C1C=Cc2c([C@@H](O)CCCc3ccc4c(c3)nnn4CCCN3CCC4(CC3)CC(OC(=O)C(O)(c3cccs3)C3CCCC3)C4)ccc(O)c2C1. The molecule has 2 saturated carbocycles. The molecule has 4 aliphatic rings. The molecule has 280 valence electrons. The molecule has 3 aliphatic carbocycles. The van der Waals surface area contributed by atoms with Crippen LogP contribution in [0.15, 0.2) is 66.1 Å². The Morgan fingerprint density at radius 2 is 1.89 bits per heavy atom. The van der Waals surface area contributed by atoms with Crippen molar-refractivity contribution in [1.82, 2.24) is 19.9 Å². The average Bonchev–Trinajstić information content (AvgIpc) is 3.96. The van der Waals surface area contributed by atoms with E-state index in [0.29, 0.717) is 12.8 Å². The lowest BCUT2D eigenvalue weighted by molar-refractivity contribution is -0.192. The summed E-state index contributed by atoms with van der Waals surface area (Å²) in [6.07, 6.45) is 15.0. The number of thiophene rings is 1. The summed E-state index contributed by atoms with van der Waals surface area (Å²) in [5.41, 5.74) is 5.44. The fourth-order valence-corrected chi connectivity index (χ4v) is 10.4. The quantitative estimate of drug-likeness (QED) is 0.120. The number of carbonyl (C=O) groups is 1. The van der Waals surface area contributed by atoms with Crippen molar-refractivity contribution in [2.24, 2.45) is 11.3 Å². The van der Waals surface area contributed by atoms with Crippen LogP contribution in [0.4, 0.5) is 0 Å². The second kappa shape index (κ2) is 15.1. The van der Waals surface area contributed by atoms with Crippen LogP contribution in [-0.2, 0) is 34.5 Å². The zero-order valence-electron chi connectivity index (χ0n) is 30.6. The van der Waals surface area contributed by atoms with E-state index in [1.54, 1.807) is 6.07 Å². The molecule has 3 N–H and O–H groups in total. The summed E-state index contributed by atoms with van der Waals surface area (Å²) < 4.78 is 8.04. The van der Waals surface area contributed by atoms with Gasteiger partial charge in [-0.1, -0.05) is 60.6 Å². The number of aliphatic hydroxyl groups excluding tert-OH is 1. The number of ether oxygens (including phenoxy) is 1. The highest BCUT2D eigenvalue weighted by Gasteiger charge is 2.53. The topological polar surface area (TPSA) is 121 Å². The highest BCUT2D eigenvalue weighted by molar-refractivity contribution is 7.10. The number of benzene rings is 2. The maximum atomic E-state index is 13.4. The molecule has 3 fully saturated rings. The van der Waals surface area contributed by atoms with Crippen LogP contribution in [0.1, 0.15) is 104 Å². The average molecular weight is 737 g/mol. The van der Waals surface area contributed by atoms with Gasteiger partial charge in [0.1, 0.15) is 17.4 Å². The Balaban J connectivity index is 0.767. The first-order valence-electron chi connectivity index (χ1n) is 19.6. The lowest BCUT2D eigenvalue weighted by atomic mass is 9.61. The van der Waals surface area contributed by atoms with Crippen LogP contribution in [0.2, 0.25) is 0 Å². The molecule has 1 unspecified atom stereocenters. The third-order valence-electron chi connectivity index (χ3n) is 12.6. The normalized spacial score (nSPS) is 20.8. The number of rotatable bonds is 13. The Labute approximate surface area is 316 Å². The molecule has 8 rings (SSSR count). The van der Waals surface area contributed by atoms with Crippen molar-refractivity contribution in [3.63, 3.8) is 0 Å². The smallest absolute Gasteiger partial charge is 0.344 e. The number of fused-ring (bicyclic) bond motifs is 2. The van der Waals surface area contributed by atoms with Crippen molar-refractivity contribution < 1.29 is 24.9 Å². The summed E-state index contributed by atoms with van der Waals surface area (Å²) in [4.78, 5) is 16.7. The number of aromatic hydroxyl groups is 1. The number of allylic oxidation sites excluding steroid dienone is 2. The molecule has 1 spiro atoms. The van der Waals surface area contributed by atoms with Gasteiger partial charge in [-0.3, -0.25) is 0 Å². The minimum absolute atomic E-state index is 0.0559. The van der Waals surface area contributed by atoms with Crippen LogP contribution in [0.3, 0.4) is 0 Å². The summed E-state index contributed by atoms with van der Waals surface area (Å²) in [6.45, 7) is 7.95. The van der Waals surface area contributed by atoms with Crippen LogP contribution in [0.5, 0.6) is 5.75 Å². The van der Waals surface area contributed by atoms with Crippen molar-refractivity contribution in [1.29, 1.82) is 0 Å². The molecule has 1 aliphatic heterocycles. The lowest BCUT2D eigenvalue weighted by Gasteiger charge is -2.52. The monoisotopic (exact) mass is 736 g/mol. The number of carbonyl (C=O) groups excluding carboxylic acids is 1. The molecule has 1 saturated heterocycles. The zero-order chi connectivity index (χ0) is 36.6. The van der Waals surface area contributed by atoms with Crippen molar-refractivity contribution in [2.45, 2.75) is 108 Å². The summed E-state index contributed by atoms with van der Waals surface area (Å²) >= 11 is 1.45. The van der Waals surface area contributed by atoms with Crippen LogP contribution >= 0.6 is 11.3 Å². The van der Waals surface area contributed by atoms with Gasteiger partial charge in [0.05, 0.1) is 11.6 Å². The number of phenolic OH excluding ortho intramolecular Hbond substituents is 1. The molecular formula is C43H52N4O5S. The number of aromatic nitrogens is 3. The van der Waals surface area contributed by atoms with Gasteiger partial charge in [0, 0.05) is 29.3 Å². The first-order valence-corrected chi connectivity index (χ1v) is 20.5. The van der Waals surface area contributed by atoms with Gasteiger partial charge in [-0.05, 0) is 136 Å². The van der Waals surface area contributed by atoms with Gasteiger partial charge in [-0.15, -0.1) is 16.4 Å². The van der Waals surface area contributed by atoms with Crippen molar-refractivity contribution in [3.05, 3.63) is 93.2 Å². The second-order valence-corrected chi connectivity index (χ2v) is 17.1. The molecule has 0 bridgehead atoms. The second-order valence-electron chi connectivity index (χ2n) is 16.1. The first kappa shape index (κ1) is 36.2. The molecule has 4 aromatic rings. The van der Waals surface area contributed by atoms with Crippen LogP contribution < -0.4 is 0 Å². The van der Waals surface area contributed by atoms with E-state index >= 15 is 0 Å². The predicted molar refractivity (Wildman–Crippen MR) is 207 cm³/mol. The Kier molecular flexibility index (Phi) is 10.3. The van der Waals surface area contributed by atoms with Crippen molar-refractivity contribution in [2.75, 3.05) is 19.6 Å². The summed E-state index contributed by atoms with van der Waals surface area (Å²) in [5, 5.41) is 43.9. The number of aliphatic hydroxyl groups is 2. The molecule has 9 nitrogen and oxygen atoms in total. The van der Waals surface area contributed by atoms with Crippen LogP contribution in [0.25, 0.3) is 17.1 Å². The summed E-state index contributed by atoms with van der Waals surface area (Å²) in [5.74, 6) is -0.238. The highest BCUT2D eigenvalue weighted by Crippen LogP contribution is 2.52. The van der Waals surface area contributed by atoms with Gasteiger partial charge in [0.15, 0.2) is 5.60 Å². The number of likely N-dealkylation sites (tertiary alicyclic amines) is 1. The Morgan fingerprint density at radius 1 is 1.08 bits per heavy atom. The fourth-order valence-electron chi connectivity index (χ4n) is 9.47. The number of phenols is 1. The largest absolute Gasteiger partial charge is 0.508 e. The van der Waals surface area contributed by atoms with Crippen molar-refractivity contribution >= 4 is 34.4 Å². The first-order chi connectivity index (χ1) is 25.7. The highest BCUT2D eigenvalue weighted by atomic mass is 32.1. The van der Waals surface area contributed by atoms with Gasteiger partial charge in [-0.25, -0.2) is 9.48 Å².